The molecule has 6 heteroatoms. The Morgan fingerprint density at radius 1 is 1.39 bits per heavy atom. The lowest BCUT2D eigenvalue weighted by Gasteiger charge is -2.09. The number of aryl methyl sites for hydroxylation is 2. The van der Waals surface area contributed by atoms with Gasteiger partial charge in [0, 0.05) is 13.0 Å². The lowest BCUT2D eigenvalue weighted by molar-refractivity contribution is 0.579. The van der Waals surface area contributed by atoms with Gasteiger partial charge in [0.25, 0.3) is 0 Å². The van der Waals surface area contributed by atoms with Gasteiger partial charge in [-0.3, -0.25) is 5.41 Å². The monoisotopic (exact) mass is 269 g/mol. The second kappa shape index (κ2) is 5.97. The minimum Gasteiger partial charge on any atom is -0.388 e. The van der Waals surface area contributed by atoms with Crippen molar-refractivity contribution in [2.24, 2.45) is 5.73 Å². The van der Waals surface area contributed by atoms with Crippen molar-refractivity contribution in [3.63, 3.8) is 0 Å². The molecular weight excluding hydrogens is 250 g/mol. The highest BCUT2D eigenvalue weighted by atomic mass is 32.2. The molecule has 0 heterocycles. The molecule has 0 aliphatic carbocycles. The number of nitrogens with two attached hydrogens (primary N) is 1. The summed E-state index contributed by atoms with van der Waals surface area (Å²) in [4.78, 5) is 0.310. The van der Waals surface area contributed by atoms with E-state index >= 15 is 0 Å². The zero-order valence-electron chi connectivity index (χ0n) is 10.7. The van der Waals surface area contributed by atoms with Crippen molar-refractivity contribution in [1.29, 1.82) is 5.41 Å². The Morgan fingerprint density at radius 3 is 2.67 bits per heavy atom. The van der Waals surface area contributed by atoms with Crippen LogP contribution in [0.15, 0.2) is 23.1 Å². The summed E-state index contributed by atoms with van der Waals surface area (Å²) >= 11 is 0. The van der Waals surface area contributed by atoms with Gasteiger partial charge in [-0.05, 0) is 37.5 Å². The van der Waals surface area contributed by atoms with Crippen molar-refractivity contribution in [3.05, 3.63) is 29.3 Å². The zero-order chi connectivity index (χ0) is 13.8. The first-order valence-corrected chi connectivity index (χ1v) is 7.21. The average molecular weight is 269 g/mol. The molecule has 1 rings (SSSR count). The highest BCUT2D eigenvalue weighted by Crippen LogP contribution is 2.16. The number of amidine groups is 1. The summed E-state index contributed by atoms with van der Waals surface area (Å²) in [6, 6.07) is 5.33. The number of hydrogen-bond acceptors (Lipinski definition) is 3. The van der Waals surface area contributed by atoms with Crippen LogP contribution in [0.1, 0.15) is 24.0 Å². The topological polar surface area (TPSA) is 96.0 Å². The van der Waals surface area contributed by atoms with Gasteiger partial charge >= 0.3 is 0 Å². The fraction of sp³-hybridized carbons (Fsp3) is 0.417. The first-order valence-electron chi connectivity index (χ1n) is 5.73. The minimum absolute atomic E-state index is 0.0703. The summed E-state index contributed by atoms with van der Waals surface area (Å²) < 4.78 is 26.6. The standard InChI is InChI=1S/C12H19N3O2S/c1-9-5-6-10(2)11(8-9)18(16,17)15-7-3-4-12(13)14/h5-6,8,15H,3-4,7H2,1-2H3,(H3,13,14). The third-order valence-corrected chi connectivity index (χ3v) is 4.15. The molecule has 0 atom stereocenters. The minimum atomic E-state index is -3.47. The molecule has 0 aliphatic heterocycles. The molecule has 0 aliphatic rings. The molecule has 0 aromatic heterocycles. The molecule has 0 bridgehead atoms. The molecule has 0 radical (unpaired) electrons. The molecule has 0 saturated heterocycles. The second-order valence-corrected chi connectivity index (χ2v) is 6.03. The average Bonchev–Trinajstić information content (AvgIpc) is 2.27. The Labute approximate surface area is 108 Å². The molecule has 4 N–H and O–H groups in total. The van der Waals surface area contributed by atoms with E-state index in [9.17, 15) is 8.42 Å². The van der Waals surface area contributed by atoms with E-state index in [4.69, 9.17) is 11.1 Å². The molecule has 0 spiro atoms. The maximum atomic E-state index is 12.1. The second-order valence-electron chi connectivity index (χ2n) is 4.30. The number of nitrogens with one attached hydrogen (secondary N) is 2. The zero-order valence-corrected chi connectivity index (χ0v) is 11.5. The molecule has 0 unspecified atom stereocenters. The maximum absolute atomic E-state index is 12.1. The molecule has 0 amide bonds. The molecule has 5 nitrogen and oxygen atoms in total. The van der Waals surface area contributed by atoms with E-state index in [-0.39, 0.29) is 12.4 Å². The third-order valence-electron chi connectivity index (χ3n) is 2.55. The summed E-state index contributed by atoms with van der Waals surface area (Å²) in [5.41, 5.74) is 6.83. The van der Waals surface area contributed by atoms with Crippen LogP contribution in [0.25, 0.3) is 0 Å². The molecule has 18 heavy (non-hydrogen) atoms. The number of sulfonamides is 1. The van der Waals surface area contributed by atoms with Gasteiger partial charge < -0.3 is 5.73 Å². The van der Waals surface area contributed by atoms with Crippen LogP contribution < -0.4 is 10.5 Å². The molecule has 100 valence electrons. The van der Waals surface area contributed by atoms with Gasteiger partial charge in [0.15, 0.2) is 0 Å². The summed E-state index contributed by atoms with van der Waals surface area (Å²) in [5, 5.41) is 7.06. The van der Waals surface area contributed by atoms with Crippen LogP contribution in [0.3, 0.4) is 0 Å². The van der Waals surface area contributed by atoms with Crippen LogP contribution in [-0.2, 0) is 10.0 Å². The van der Waals surface area contributed by atoms with Crippen LogP contribution in [0.5, 0.6) is 0 Å². The SMILES string of the molecule is Cc1ccc(C)c(S(=O)(=O)NCCCC(=N)N)c1. The van der Waals surface area contributed by atoms with Gasteiger partial charge in [0.05, 0.1) is 10.7 Å². The first-order chi connectivity index (χ1) is 8.33. The smallest absolute Gasteiger partial charge is 0.240 e. The van der Waals surface area contributed by atoms with Crippen LogP contribution in [0.2, 0.25) is 0 Å². The molecule has 1 aromatic rings. The lowest BCUT2D eigenvalue weighted by atomic mass is 10.2. The van der Waals surface area contributed by atoms with Crippen molar-refractivity contribution in [1.82, 2.24) is 4.72 Å². The number of hydrogen-bond donors (Lipinski definition) is 3. The van der Waals surface area contributed by atoms with Gasteiger partial charge in [-0.15, -0.1) is 0 Å². The van der Waals surface area contributed by atoms with Crippen molar-refractivity contribution < 1.29 is 8.42 Å². The third kappa shape index (κ3) is 4.12. The van der Waals surface area contributed by atoms with E-state index in [0.29, 0.717) is 17.7 Å². The predicted octanol–water partition coefficient (Wildman–Crippen LogP) is 1.30. The van der Waals surface area contributed by atoms with Crippen LogP contribution in [-0.4, -0.2) is 20.8 Å². The number of rotatable bonds is 6. The van der Waals surface area contributed by atoms with E-state index < -0.39 is 10.0 Å². The van der Waals surface area contributed by atoms with E-state index in [1.54, 1.807) is 19.1 Å². The first kappa shape index (κ1) is 14.7. The van der Waals surface area contributed by atoms with Crippen molar-refractivity contribution in [2.45, 2.75) is 31.6 Å². The highest BCUT2D eigenvalue weighted by molar-refractivity contribution is 7.89. The van der Waals surface area contributed by atoms with Crippen molar-refractivity contribution >= 4 is 15.9 Å². The van der Waals surface area contributed by atoms with Gasteiger partial charge in [-0.1, -0.05) is 12.1 Å². The fourth-order valence-electron chi connectivity index (χ4n) is 1.56. The van der Waals surface area contributed by atoms with Crippen LogP contribution >= 0.6 is 0 Å². The normalized spacial score (nSPS) is 11.4. The summed E-state index contributed by atoms with van der Waals surface area (Å²) in [6.45, 7) is 3.91. The Hall–Kier alpha value is -1.40. The number of benzene rings is 1. The van der Waals surface area contributed by atoms with Gasteiger partial charge in [-0.25, -0.2) is 13.1 Å². The fourth-order valence-corrected chi connectivity index (χ4v) is 2.96. The van der Waals surface area contributed by atoms with Crippen LogP contribution in [0.4, 0.5) is 0 Å². The van der Waals surface area contributed by atoms with Crippen LogP contribution in [0, 0.1) is 19.3 Å². The Bertz CT molecular complexity index is 538. The summed E-state index contributed by atoms with van der Waals surface area (Å²) in [6.07, 6.45) is 0.925. The van der Waals surface area contributed by atoms with E-state index in [2.05, 4.69) is 4.72 Å². The van der Waals surface area contributed by atoms with Gasteiger partial charge in [0.1, 0.15) is 0 Å². The Morgan fingerprint density at radius 2 is 2.06 bits per heavy atom. The van der Waals surface area contributed by atoms with E-state index in [1.165, 1.54) is 0 Å². The largest absolute Gasteiger partial charge is 0.388 e. The molecule has 1 aromatic carbocycles. The van der Waals surface area contributed by atoms with Gasteiger partial charge in [0.2, 0.25) is 10.0 Å². The van der Waals surface area contributed by atoms with E-state index in [0.717, 1.165) is 11.1 Å². The highest BCUT2D eigenvalue weighted by Gasteiger charge is 2.15. The molecule has 0 saturated carbocycles. The van der Waals surface area contributed by atoms with E-state index in [1.807, 2.05) is 13.0 Å². The predicted molar refractivity (Wildman–Crippen MR) is 72.3 cm³/mol. The molecular formula is C12H19N3O2S. The summed E-state index contributed by atoms with van der Waals surface area (Å²) in [5.74, 6) is 0.0703. The quantitative estimate of drug-likeness (QED) is 0.412. The van der Waals surface area contributed by atoms with Crippen molar-refractivity contribution in [2.75, 3.05) is 6.54 Å². The maximum Gasteiger partial charge on any atom is 0.240 e. The van der Waals surface area contributed by atoms with Gasteiger partial charge in [-0.2, -0.15) is 0 Å². The Kier molecular flexibility index (Phi) is 4.86. The summed E-state index contributed by atoms with van der Waals surface area (Å²) in [7, 11) is -3.47. The lowest BCUT2D eigenvalue weighted by Crippen LogP contribution is -2.26. The van der Waals surface area contributed by atoms with Crippen molar-refractivity contribution in [3.8, 4) is 0 Å². The Balaban J connectivity index is 2.74. The molecule has 0 fully saturated rings.